The highest BCUT2D eigenvalue weighted by molar-refractivity contribution is 5.75. The molecule has 5 nitrogen and oxygen atoms in total. The minimum absolute atomic E-state index is 0.0614. The fourth-order valence-corrected chi connectivity index (χ4v) is 3.14. The number of hydrogen-bond donors (Lipinski definition) is 1. The first-order valence-corrected chi connectivity index (χ1v) is 8.49. The Hall–Kier alpha value is -1.59. The van der Waals surface area contributed by atoms with Crippen LogP contribution in [0.5, 0.6) is 0 Å². The van der Waals surface area contributed by atoms with Gasteiger partial charge in [0.15, 0.2) is 0 Å². The maximum absolute atomic E-state index is 12.5. The Morgan fingerprint density at radius 3 is 2.70 bits per heavy atom. The van der Waals surface area contributed by atoms with E-state index in [2.05, 4.69) is 17.4 Å². The third-order valence-electron chi connectivity index (χ3n) is 4.56. The molecule has 2 fully saturated rings. The monoisotopic (exact) mass is 318 g/mol. The Morgan fingerprint density at radius 2 is 2.00 bits per heavy atom. The Kier molecular flexibility index (Phi) is 5.51. The van der Waals surface area contributed by atoms with Crippen LogP contribution in [0.4, 0.5) is 4.79 Å². The van der Waals surface area contributed by atoms with Crippen LogP contribution in [-0.4, -0.2) is 56.0 Å². The zero-order chi connectivity index (χ0) is 16.1. The molecule has 3 rings (SSSR count). The van der Waals surface area contributed by atoms with Gasteiger partial charge in [-0.3, -0.25) is 0 Å². The van der Waals surface area contributed by atoms with Crippen molar-refractivity contribution in [2.75, 3.05) is 26.9 Å². The molecular formula is C18H26N2O3. The van der Waals surface area contributed by atoms with Gasteiger partial charge in [0.2, 0.25) is 0 Å². The second kappa shape index (κ2) is 7.79. The average Bonchev–Trinajstić information content (AvgIpc) is 3.29. The molecule has 0 spiro atoms. The van der Waals surface area contributed by atoms with Gasteiger partial charge in [0.1, 0.15) is 0 Å². The van der Waals surface area contributed by atoms with Crippen LogP contribution < -0.4 is 5.32 Å². The first-order valence-electron chi connectivity index (χ1n) is 8.49. The number of ether oxygens (including phenoxy) is 2. The van der Waals surface area contributed by atoms with E-state index in [9.17, 15) is 4.79 Å². The van der Waals surface area contributed by atoms with E-state index in [0.29, 0.717) is 19.3 Å². The van der Waals surface area contributed by atoms with Gasteiger partial charge in [-0.2, -0.15) is 0 Å². The number of amides is 2. The van der Waals surface area contributed by atoms with Crippen LogP contribution in [0, 0.1) is 0 Å². The number of methoxy groups -OCH3 is 1. The van der Waals surface area contributed by atoms with Crippen molar-refractivity contribution in [3.63, 3.8) is 0 Å². The predicted molar refractivity (Wildman–Crippen MR) is 88.4 cm³/mol. The van der Waals surface area contributed by atoms with Crippen LogP contribution in [0.3, 0.4) is 0 Å². The summed E-state index contributed by atoms with van der Waals surface area (Å²) in [6, 6.07) is 10.9. The fraction of sp³-hybridized carbons (Fsp3) is 0.611. The smallest absolute Gasteiger partial charge is 0.317 e. The quantitative estimate of drug-likeness (QED) is 0.784. The summed E-state index contributed by atoms with van der Waals surface area (Å²) in [6.07, 6.45) is 4.01. The summed E-state index contributed by atoms with van der Waals surface area (Å²) >= 11 is 0. The van der Waals surface area contributed by atoms with Gasteiger partial charge in [0.05, 0.1) is 25.4 Å². The van der Waals surface area contributed by atoms with E-state index in [0.717, 1.165) is 32.2 Å². The largest absolute Gasteiger partial charge is 0.382 e. The number of nitrogens with zero attached hydrogens (tertiary/aromatic N) is 1. The number of nitrogens with one attached hydrogen (secondary N) is 1. The SMILES string of the molecule is COCCO[C@@H]1CCN(C(=O)NC2CC2)[C@@H]1Cc1ccccc1. The molecule has 23 heavy (non-hydrogen) atoms. The van der Waals surface area contributed by atoms with E-state index < -0.39 is 0 Å². The zero-order valence-corrected chi connectivity index (χ0v) is 13.7. The molecule has 1 N–H and O–H groups in total. The normalized spacial score (nSPS) is 24.0. The van der Waals surface area contributed by atoms with Gasteiger partial charge >= 0.3 is 6.03 Å². The number of likely N-dealkylation sites (tertiary alicyclic amines) is 1. The van der Waals surface area contributed by atoms with Gasteiger partial charge in [0, 0.05) is 19.7 Å². The standard InChI is InChI=1S/C18H26N2O3/c1-22-11-12-23-17-9-10-20(18(21)19-15-7-8-15)16(17)13-14-5-3-2-4-6-14/h2-6,15-17H,7-13H2,1H3,(H,19,21)/t16-,17-/m1/s1. The van der Waals surface area contributed by atoms with E-state index in [1.54, 1.807) is 7.11 Å². The molecule has 0 bridgehead atoms. The van der Waals surface area contributed by atoms with E-state index in [-0.39, 0.29) is 18.2 Å². The average molecular weight is 318 g/mol. The second-order valence-electron chi connectivity index (χ2n) is 6.36. The van der Waals surface area contributed by atoms with Crippen molar-refractivity contribution in [1.82, 2.24) is 10.2 Å². The molecule has 2 amide bonds. The van der Waals surface area contributed by atoms with Crippen molar-refractivity contribution in [3.8, 4) is 0 Å². The maximum Gasteiger partial charge on any atom is 0.317 e. The second-order valence-corrected chi connectivity index (χ2v) is 6.36. The molecule has 0 radical (unpaired) electrons. The van der Waals surface area contributed by atoms with Crippen molar-refractivity contribution in [2.24, 2.45) is 0 Å². The van der Waals surface area contributed by atoms with Crippen molar-refractivity contribution < 1.29 is 14.3 Å². The van der Waals surface area contributed by atoms with E-state index in [1.165, 1.54) is 5.56 Å². The molecule has 1 aliphatic carbocycles. The van der Waals surface area contributed by atoms with Crippen molar-refractivity contribution in [1.29, 1.82) is 0 Å². The van der Waals surface area contributed by atoms with E-state index in [4.69, 9.17) is 9.47 Å². The van der Waals surface area contributed by atoms with E-state index >= 15 is 0 Å². The summed E-state index contributed by atoms with van der Waals surface area (Å²) in [5, 5.41) is 3.11. The number of rotatable bonds is 7. The minimum atomic E-state index is 0.0614. The Morgan fingerprint density at radius 1 is 1.22 bits per heavy atom. The highest BCUT2D eigenvalue weighted by Gasteiger charge is 2.39. The third kappa shape index (κ3) is 4.45. The lowest BCUT2D eigenvalue weighted by atomic mass is 10.0. The molecule has 2 aliphatic rings. The lowest BCUT2D eigenvalue weighted by Crippen LogP contribution is -2.47. The molecule has 0 unspecified atom stereocenters. The first-order chi connectivity index (χ1) is 11.3. The molecule has 5 heteroatoms. The number of benzene rings is 1. The predicted octanol–water partition coefficient (Wildman–Crippen LogP) is 2.21. The van der Waals surface area contributed by atoms with E-state index in [1.807, 2.05) is 23.1 Å². The summed E-state index contributed by atoms with van der Waals surface area (Å²) < 4.78 is 11.1. The third-order valence-corrected chi connectivity index (χ3v) is 4.56. The van der Waals surface area contributed by atoms with Crippen LogP contribution >= 0.6 is 0 Å². The van der Waals surface area contributed by atoms with Gasteiger partial charge in [-0.05, 0) is 31.2 Å². The number of urea groups is 1. The molecule has 1 aromatic rings. The highest BCUT2D eigenvalue weighted by Crippen LogP contribution is 2.26. The number of carbonyl (C=O) groups is 1. The van der Waals surface area contributed by atoms with Gasteiger partial charge in [-0.1, -0.05) is 30.3 Å². The molecule has 1 aliphatic heterocycles. The molecule has 2 atom stereocenters. The van der Waals surface area contributed by atoms with Crippen LogP contribution in [0.15, 0.2) is 30.3 Å². The van der Waals surface area contributed by atoms with Gasteiger partial charge in [-0.25, -0.2) is 4.79 Å². The molecular weight excluding hydrogens is 292 g/mol. The molecule has 1 saturated heterocycles. The maximum atomic E-state index is 12.5. The molecule has 126 valence electrons. The summed E-state index contributed by atoms with van der Waals surface area (Å²) in [5.74, 6) is 0. The van der Waals surface area contributed by atoms with Gasteiger partial charge < -0.3 is 19.7 Å². The lowest BCUT2D eigenvalue weighted by molar-refractivity contribution is 0.00331. The summed E-state index contributed by atoms with van der Waals surface area (Å²) in [7, 11) is 1.68. The molecule has 0 aromatic heterocycles. The van der Waals surface area contributed by atoms with Crippen molar-refractivity contribution in [3.05, 3.63) is 35.9 Å². The summed E-state index contributed by atoms with van der Waals surface area (Å²) in [5.41, 5.74) is 1.24. The Bertz CT molecular complexity index is 504. The zero-order valence-electron chi connectivity index (χ0n) is 13.7. The van der Waals surface area contributed by atoms with Gasteiger partial charge in [0.25, 0.3) is 0 Å². The number of carbonyl (C=O) groups excluding carboxylic acids is 1. The lowest BCUT2D eigenvalue weighted by Gasteiger charge is -2.28. The van der Waals surface area contributed by atoms with Crippen molar-refractivity contribution >= 4 is 6.03 Å². The molecule has 1 heterocycles. The molecule has 1 aromatic carbocycles. The van der Waals surface area contributed by atoms with Crippen LogP contribution in [-0.2, 0) is 15.9 Å². The number of hydrogen-bond acceptors (Lipinski definition) is 3. The van der Waals surface area contributed by atoms with Crippen LogP contribution in [0.25, 0.3) is 0 Å². The Balaban J connectivity index is 1.66. The van der Waals surface area contributed by atoms with Gasteiger partial charge in [-0.15, -0.1) is 0 Å². The van der Waals surface area contributed by atoms with Crippen LogP contribution in [0.2, 0.25) is 0 Å². The highest BCUT2D eigenvalue weighted by atomic mass is 16.5. The first kappa shape index (κ1) is 16.3. The summed E-state index contributed by atoms with van der Waals surface area (Å²) in [6.45, 7) is 1.92. The Labute approximate surface area is 137 Å². The van der Waals surface area contributed by atoms with Crippen LogP contribution in [0.1, 0.15) is 24.8 Å². The van der Waals surface area contributed by atoms with Crippen molar-refractivity contribution in [2.45, 2.75) is 43.9 Å². The summed E-state index contributed by atoms with van der Waals surface area (Å²) in [4.78, 5) is 14.5. The molecule has 1 saturated carbocycles. The minimum Gasteiger partial charge on any atom is -0.382 e. The topological polar surface area (TPSA) is 50.8 Å². The fourth-order valence-electron chi connectivity index (χ4n) is 3.14.